The summed E-state index contributed by atoms with van der Waals surface area (Å²) in [5.74, 6) is 3.50. The van der Waals surface area contributed by atoms with Gasteiger partial charge in [0.15, 0.2) is 0 Å². The van der Waals surface area contributed by atoms with Gasteiger partial charge < -0.3 is 10.6 Å². The van der Waals surface area contributed by atoms with E-state index in [1.165, 1.54) is 24.8 Å². The average molecular weight is 365 g/mol. The van der Waals surface area contributed by atoms with Crippen LogP contribution >= 0.6 is 0 Å². The van der Waals surface area contributed by atoms with Crippen molar-refractivity contribution in [3.63, 3.8) is 0 Å². The van der Waals surface area contributed by atoms with Gasteiger partial charge in [0, 0.05) is 6.54 Å². The first kappa shape index (κ1) is 16.6. The Balaban J connectivity index is 1.26. The summed E-state index contributed by atoms with van der Waals surface area (Å²) >= 11 is 0. The molecule has 4 bridgehead atoms. The van der Waals surface area contributed by atoms with Gasteiger partial charge in [-0.05, 0) is 91.7 Å². The fraction of sp³-hybridized carbons (Fsp3) is 0.708. The lowest BCUT2D eigenvalue weighted by atomic mass is 9.38. The fourth-order valence-electron chi connectivity index (χ4n) is 8.54. The van der Waals surface area contributed by atoms with Gasteiger partial charge in [0.1, 0.15) is 0 Å². The summed E-state index contributed by atoms with van der Waals surface area (Å²) in [5, 5.41) is 6.91. The highest BCUT2D eigenvalue weighted by atomic mass is 16.2. The number of carbonyl (C=O) groups is 1. The predicted octanol–water partition coefficient (Wildman–Crippen LogP) is 3.50. The third kappa shape index (κ3) is 2.40. The zero-order valence-electron chi connectivity index (χ0n) is 16.5. The maximum Gasteiger partial charge on any atom is 0.226 e. The second-order valence-corrected chi connectivity index (χ2v) is 11.1. The molecule has 6 fully saturated rings. The minimum Gasteiger partial charge on any atom is -0.355 e. The third-order valence-corrected chi connectivity index (χ3v) is 8.98. The van der Waals surface area contributed by atoms with E-state index in [4.69, 9.17) is 0 Å². The first-order chi connectivity index (χ1) is 13.0. The maximum absolute atomic E-state index is 13.5. The van der Waals surface area contributed by atoms with E-state index < -0.39 is 0 Å². The van der Waals surface area contributed by atoms with Gasteiger partial charge in [-0.3, -0.25) is 4.79 Å². The standard InChI is InChI=1S/C24H32N2O/c1-22-7-16-8-23(13-22,17-5-3-2-4-6-17)15-24(9-16,14-22)21(27)26-12-20-18-10-25-11-19(18)20/h2-6,16,18-20,25H,7-15H2,1H3,(H,26,27)/t16?,18-,19+,20?,22?,23?,24?. The minimum absolute atomic E-state index is 0.119. The van der Waals surface area contributed by atoms with E-state index in [0.29, 0.717) is 11.3 Å². The lowest BCUT2D eigenvalue weighted by Crippen LogP contribution is -2.62. The van der Waals surface area contributed by atoms with Gasteiger partial charge in [-0.2, -0.15) is 0 Å². The van der Waals surface area contributed by atoms with Gasteiger partial charge >= 0.3 is 0 Å². The number of rotatable bonds is 4. The van der Waals surface area contributed by atoms with E-state index in [-0.39, 0.29) is 10.8 Å². The molecule has 0 aromatic heterocycles. The molecule has 0 radical (unpaired) electrons. The highest BCUT2D eigenvalue weighted by Crippen LogP contribution is 2.70. The van der Waals surface area contributed by atoms with Crippen LogP contribution in [-0.2, 0) is 10.2 Å². The van der Waals surface area contributed by atoms with Crippen LogP contribution in [0, 0.1) is 34.5 Å². The Kier molecular flexibility index (Phi) is 3.30. The zero-order chi connectivity index (χ0) is 18.3. The van der Waals surface area contributed by atoms with Crippen LogP contribution in [0.5, 0.6) is 0 Å². The fourth-order valence-corrected chi connectivity index (χ4v) is 8.54. The average Bonchev–Trinajstić information content (AvgIpc) is 3.05. The molecule has 2 N–H and O–H groups in total. The van der Waals surface area contributed by atoms with Crippen molar-refractivity contribution in [3.8, 4) is 0 Å². The molecule has 27 heavy (non-hydrogen) atoms. The van der Waals surface area contributed by atoms with Crippen molar-refractivity contribution in [2.45, 2.75) is 50.9 Å². The quantitative estimate of drug-likeness (QED) is 0.859. The summed E-state index contributed by atoms with van der Waals surface area (Å²) in [6.07, 6.45) is 7.20. The second-order valence-electron chi connectivity index (χ2n) is 11.1. The molecule has 1 aliphatic heterocycles. The SMILES string of the molecule is CC12CC3CC(C(=O)NCC4[C@H]5CNC[C@@H]45)(C1)CC(c1ccccc1)(C3)C2. The summed E-state index contributed by atoms with van der Waals surface area (Å²) < 4.78 is 0. The lowest BCUT2D eigenvalue weighted by molar-refractivity contribution is -0.160. The molecule has 0 spiro atoms. The molecule has 1 saturated heterocycles. The number of hydrogen-bond donors (Lipinski definition) is 2. The van der Waals surface area contributed by atoms with Crippen molar-refractivity contribution in [3.05, 3.63) is 35.9 Å². The van der Waals surface area contributed by atoms with E-state index in [1.54, 1.807) is 0 Å². The van der Waals surface area contributed by atoms with Crippen LogP contribution in [0.1, 0.15) is 51.0 Å². The Bertz CT molecular complexity index is 768. The monoisotopic (exact) mass is 364 g/mol. The number of piperidine rings is 1. The first-order valence-electron chi connectivity index (χ1n) is 11.1. The molecule has 3 nitrogen and oxygen atoms in total. The Labute approximate surface area is 162 Å². The van der Waals surface area contributed by atoms with E-state index >= 15 is 0 Å². The Morgan fingerprint density at radius 3 is 2.59 bits per heavy atom. The highest BCUT2D eigenvalue weighted by Gasteiger charge is 2.64. The molecule has 1 aromatic rings. The smallest absolute Gasteiger partial charge is 0.226 e. The van der Waals surface area contributed by atoms with Crippen LogP contribution in [0.3, 0.4) is 0 Å². The van der Waals surface area contributed by atoms with Crippen LogP contribution < -0.4 is 10.6 Å². The lowest BCUT2D eigenvalue weighted by Gasteiger charge is -2.65. The molecule has 7 rings (SSSR count). The van der Waals surface area contributed by atoms with Crippen LogP contribution in [0.15, 0.2) is 30.3 Å². The largest absolute Gasteiger partial charge is 0.355 e. The first-order valence-corrected chi connectivity index (χ1v) is 11.1. The second kappa shape index (κ2) is 5.37. The molecule has 144 valence electrons. The van der Waals surface area contributed by atoms with Crippen molar-refractivity contribution < 1.29 is 4.79 Å². The topological polar surface area (TPSA) is 41.1 Å². The van der Waals surface area contributed by atoms with Crippen molar-refractivity contribution in [2.24, 2.45) is 34.5 Å². The highest BCUT2D eigenvalue weighted by molar-refractivity contribution is 5.83. The van der Waals surface area contributed by atoms with E-state index in [2.05, 4.69) is 47.9 Å². The normalized spacial score (nSPS) is 49.1. The molecule has 1 heterocycles. The number of hydrogen-bond acceptors (Lipinski definition) is 2. The maximum atomic E-state index is 13.5. The molecule has 7 atom stereocenters. The van der Waals surface area contributed by atoms with Crippen LogP contribution in [0.4, 0.5) is 0 Å². The van der Waals surface area contributed by atoms with E-state index in [1.807, 2.05) is 0 Å². The number of benzene rings is 1. The van der Waals surface area contributed by atoms with Gasteiger partial charge in [0.2, 0.25) is 5.91 Å². The molecular weight excluding hydrogens is 332 g/mol. The third-order valence-electron chi connectivity index (χ3n) is 8.98. The van der Waals surface area contributed by atoms with Crippen molar-refractivity contribution in [2.75, 3.05) is 19.6 Å². The van der Waals surface area contributed by atoms with E-state index in [9.17, 15) is 4.79 Å². The summed E-state index contributed by atoms with van der Waals surface area (Å²) in [7, 11) is 0. The van der Waals surface area contributed by atoms with Crippen LogP contribution in [-0.4, -0.2) is 25.5 Å². The van der Waals surface area contributed by atoms with Gasteiger partial charge in [0.25, 0.3) is 0 Å². The molecule has 5 unspecified atom stereocenters. The zero-order valence-corrected chi connectivity index (χ0v) is 16.5. The summed E-state index contributed by atoms with van der Waals surface area (Å²) in [5.41, 5.74) is 1.94. The van der Waals surface area contributed by atoms with Crippen molar-refractivity contribution >= 4 is 5.91 Å². The van der Waals surface area contributed by atoms with Gasteiger partial charge in [-0.1, -0.05) is 37.3 Å². The molecule has 5 saturated carbocycles. The molecule has 3 heteroatoms. The molecule has 5 aliphatic carbocycles. The summed E-state index contributed by atoms with van der Waals surface area (Å²) in [4.78, 5) is 13.5. The summed E-state index contributed by atoms with van der Waals surface area (Å²) in [6, 6.07) is 11.1. The Morgan fingerprint density at radius 1 is 1.07 bits per heavy atom. The van der Waals surface area contributed by atoms with Crippen molar-refractivity contribution in [1.82, 2.24) is 10.6 Å². The number of fused-ring (bicyclic) bond motifs is 1. The Morgan fingerprint density at radius 2 is 1.85 bits per heavy atom. The molecule has 6 aliphatic rings. The molecule has 1 amide bonds. The van der Waals surface area contributed by atoms with Crippen LogP contribution in [0.2, 0.25) is 0 Å². The predicted molar refractivity (Wildman–Crippen MR) is 106 cm³/mol. The van der Waals surface area contributed by atoms with Gasteiger partial charge in [-0.15, -0.1) is 0 Å². The molecule has 1 aromatic carbocycles. The molecular formula is C24H32N2O. The van der Waals surface area contributed by atoms with Crippen molar-refractivity contribution in [1.29, 1.82) is 0 Å². The van der Waals surface area contributed by atoms with Crippen LogP contribution in [0.25, 0.3) is 0 Å². The van der Waals surface area contributed by atoms with E-state index in [0.717, 1.165) is 62.6 Å². The Hall–Kier alpha value is -1.35. The number of amides is 1. The summed E-state index contributed by atoms with van der Waals surface area (Å²) in [6.45, 7) is 5.70. The number of nitrogens with one attached hydrogen (secondary N) is 2. The number of carbonyl (C=O) groups excluding carboxylic acids is 1. The minimum atomic E-state index is -0.119. The van der Waals surface area contributed by atoms with Gasteiger partial charge in [-0.25, -0.2) is 0 Å². The van der Waals surface area contributed by atoms with Gasteiger partial charge in [0.05, 0.1) is 5.41 Å².